The summed E-state index contributed by atoms with van der Waals surface area (Å²) in [6.45, 7) is 5.95. The maximum atomic E-state index is 8.70. The van der Waals surface area contributed by atoms with E-state index in [9.17, 15) is 0 Å². The van der Waals surface area contributed by atoms with Crippen LogP contribution in [0.25, 0.3) is 0 Å². The average molecular weight is 268 g/mol. The van der Waals surface area contributed by atoms with Gasteiger partial charge < -0.3 is 4.74 Å². The first kappa shape index (κ1) is 12.1. The summed E-state index contributed by atoms with van der Waals surface area (Å²) >= 11 is 3.43. The Hall–Kier alpha value is -1.01. The van der Waals surface area contributed by atoms with Crippen LogP contribution in [0.1, 0.15) is 32.3 Å². The van der Waals surface area contributed by atoms with Crippen molar-refractivity contribution in [1.82, 2.24) is 0 Å². The zero-order valence-electron chi connectivity index (χ0n) is 9.12. The van der Waals surface area contributed by atoms with Crippen LogP contribution >= 0.6 is 15.9 Å². The molecule has 80 valence electrons. The van der Waals surface area contributed by atoms with Crippen molar-refractivity contribution < 1.29 is 4.74 Å². The molecule has 15 heavy (non-hydrogen) atoms. The normalized spacial score (nSPS) is 12.3. The number of rotatable bonds is 3. The summed E-state index contributed by atoms with van der Waals surface area (Å²) in [6, 6.07) is 7.91. The van der Waals surface area contributed by atoms with E-state index in [1.54, 1.807) is 6.92 Å². The number of hydrogen-bond donors (Lipinski definition) is 0. The summed E-state index contributed by atoms with van der Waals surface area (Å²) in [5.74, 6) is 1.17. The van der Waals surface area contributed by atoms with Crippen LogP contribution in [0.5, 0.6) is 5.75 Å². The molecule has 1 rings (SSSR count). The first-order valence-corrected chi connectivity index (χ1v) is 5.69. The van der Waals surface area contributed by atoms with Crippen molar-refractivity contribution in [3.8, 4) is 11.8 Å². The van der Waals surface area contributed by atoms with Gasteiger partial charge in [0, 0.05) is 4.47 Å². The fraction of sp³-hybridized carbons (Fsp3) is 0.417. The number of halogens is 1. The molecule has 1 aromatic carbocycles. The Labute approximate surface area is 99.0 Å². The Bertz CT molecular complexity index is 382. The predicted molar refractivity (Wildman–Crippen MR) is 63.9 cm³/mol. The fourth-order valence-corrected chi connectivity index (χ4v) is 1.67. The topological polar surface area (TPSA) is 33.0 Å². The second-order valence-electron chi connectivity index (χ2n) is 3.73. The van der Waals surface area contributed by atoms with Gasteiger partial charge in [-0.25, -0.2) is 0 Å². The molecule has 0 spiro atoms. The van der Waals surface area contributed by atoms with Gasteiger partial charge in [0.1, 0.15) is 11.8 Å². The lowest BCUT2D eigenvalue weighted by Crippen LogP contribution is -2.10. The third-order valence-corrected chi connectivity index (χ3v) is 2.57. The Kier molecular flexibility index (Phi) is 4.16. The van der Waals surface area contributed by atoms with E-state index in [2.05, 4.69) is 35.8 Å². The quantitative estimate of drug-likeness (QED) is 0.833. The Morgan fingerprint density at radius 3 is 2.53 bits per heavy atom. The minimum atomic E-state index is -0.413. The van der Waals surface area contributed by atoms with E-state index in [1.165, 1.54) is 0 Å². The van der Waals surface area contributed by atoms with Gasteiger partial charge in [-0.05, 0) is 36.6 Å². The van der Waals surface area contributed by atoms with E-state index in [1.807, 2.05) is 18.2 Å². The van der Waals surface area contributed by atoms with Gasteiger partial charge in [0.2, 0.25) is 0 Å². The molecule has 0 aliphatic rings. The summed E-state index contributed by atoms with van der Waals surface area (Å²) in [6.07, 6.45) is -0.413. The molecule has 1 aromatic rings. The van der Waals surface area contributed by atoms with Crippen LogP contribution in [0.2, 0.25) is 0 Å². The number of benzene rings is 1. The van der Waals surface area contributed by atoms with Crippen molar-refractivity contribution in [3.05, 3.63) is 28.2 Å². The van der Waals surface area contributed by atoms with E-state index < -0.39 is 6.10 Å². The van der Waals surface area contributed by atoms with Crippen LogP contribution in [0.15, 0.2) is 22.7 Å². The monoisotopic (exact) mass is 267 g/mol. The summed E-state index contributed by atoms with van der Waals surface area (Å²) < 4.78 is 6.56. The molecule has 2 nitrogen and oxygen atoms in total. The van der Waals surface area contributed by atoms with E-state index >= 15 is 0 Å². The molecular weight excluding hydrogens is 254 g/mol. The van der Waals surface area contributed by atoms with Crippen LogP contribution in [-0.4, -0.2) is 6.10 Å². The molecule has 0 heterocycles. The van der Waals surface area contributed by atoms with Crippen molar-refractivity contribution in [2.75, 3.05) is 0 Å². The molecule has 0 aliphatic heterocycles. The number of nitrogens with zero attached hydrogens (tertiary/aromatic N) is 1. The Morgan fingerprint density at radius 2 is 2.00 bits per heavy atom. The zero-order valence-corrected chi connectivity index (χ0v) is 10.7. The van der Waals surface area contributed by atoms with Crippen LogP contribution in [0, 0.1) is 11.3 Å². The minimum absolute atomic E-state index is 0.378. The maximum Gasteiger partial charge on any atom is 0.181 e. The maximum absolute atomic E-state index is 8.70. The van der Waals surface area contributed by atoms with Gasteiger partial charge in [0.15, 0.2) is 6.10 Å². The van der Waals surface area contributed by atoms with Crippen LogP contribution < -0.4 is 4.74 Å². The molecule has 0 saturated carbocycles. The number of hydrogen-bond acceptors (Lipinski definition) is 2. The van der Waals surface area contributed by atoms with Crippen molar-refractivity contribution in [3.63, 3.8) is 0 Å². The summed E-state index contributed by atoms with van der Waals surface area (Å²) in [5.41, 5.74) is 1.12. The Morgan fingerprint density at radius 1 is 1.33 bits per heavy atom. The zero-order chi connectivity index (χ0) is 11.4. The molecule has 0 aromatic heterocycles. The van der Waals surface area contributed by atoms with Gasteiger partial charge in [0.25, 0.3) is 0 Å². The van der Waals surface area contributed by atoms with Gasteiger partial charge in [-0.15, -0.1) is 0 Å². The second-order valence-corrected chi connectivity index (χ2v) is 4.64. The fourth-order valence-electron chi connectivity index (χ4n) is 1.29. The molecule has 0 saturated heterocycles. The predicted octanol–water partition coefficient (Wildman–Crippen LogP) is 3.86. The average Bonchev–Trinajstić information content (AvgIpc) is 2.20. The molecule has 0 fully saturated rings. The molecule has 0 amide bonds. The molecule has 0 radical (unpaired) electrons. The molecule has 0 aliphatic carbocycles. The van der Waals surface area contributed by atoms with Crippen molar-refractivity contribution in [1.29, 1.82) is 5.26 Å². The Balaban J connectivity index is 3.02. The third kappa shape index (κ3) is 3.24. The smallest absolute Gasteiger partial charge is 0.181 e. The highest BCUT2D eigenvalue weighted by molar-refractivity contribution is 9.10. The minimum Gasteiger partial charge on any atom is -0.476 e. The van der Waals surface area contributed by atoms with Crippen LogP contribution in [-0.2, 0) is 0 Å². The molecular formula is C12H14BrNO. The molecule has 3 heteroatoms. The summed E-state index contributed by atoms with van der Waals surface area (Å²) in [5, 5.41) is 8.70. The SMILES string of the molecule is CC(C#N)Oc1ccc(Br)cc1C(C)C. The van der Waals surface area contributed by atoms with Crippen molar-refractivity contribution in [2.24, 2.45) is 0 Å². The lowest BCUT2D eigenvalue weighted by Gasteiger charge is -2.15. The van der Waals surface area contributed by atoms with Gasteiger partial charge in [-0.1, -0.05) is 29.8 Å². The summed E-state index contributed by atoms with van der Waals surface area (Å²) in [4.78, 5) is 0. The standard InChI is InChI=1S/C12H14BrNO/c1-8(2)11-6-10(13)4-5-12(11)15-9(3)7-14/h4-6,8-9H,1-3H3. The molecule has 0 bridgehead atoms. The second kappa shape index (κ2) is 5.18. The van der Waals surface area contributed by atoms with Gasteiger partial charge in [-0.3, -0.25) is 0 Å². The van der Waals surface area contributed by atoms with Gasteiger partial charge >= 0.3 is 0 Å². The number of ether oxygens (including phenoxy) is 1. The van der Waals surface area contributed by atoms with Crippen molar-refractivity contribution >= 4 is 15.9 Å². The molecule has 1 unspecified atom stereocenters. The lowest BCUT2D eigenvalue weighted by atomic mass is 10.0. The number of nitriles is 1. The first-order valence-electron chi connectivity index (χ1n) is 4.90. The van der Waals surface area contributed by atoms with Gasteiger partial charge in [-0.2, -0.15) is 5.26 Å². The van der Waals surface area contributed by atoms with Crippen LogP contribution in [0.4, 0.5) is 0 Å². The lowest BCUT2D eigenvalue weighted by molar-refractivity contribution is 0.272. The van der Waals surface area contributed by atoms with Crippen LogP contribution in [0.3, 0.4) is 0 Å². The first-order chi connectivity index (χ1) is 7.04. The molecule has 1 atom stereocenters. The highest BCUT2D eigenvalue weighted by atomic mass is 79.9. The van der Waals surface area contributed by atoms with Gasteiger partial charge in [0.05, 0.1) is 0 Å². The highest BCUT2D eigenvalue weighted by Crippen LogP contribution is 2.30. The third-order valence-electron chi connectivity index (χ3n) is 2.08. The highest BCUT2D eigenvalue weighted by Gasteiger charge is 2.10. The van der Waals surface area contributed by atoms with Crippen molar-refractivity contribution in [2.45, 2.75) is 32.8 Å². The van der Waals surface area contributed by atoms with E-state index in [0.717, 1.165) is 15.8 Å². The van der Waals surface area contributed by atoms with E-state index in [-0.39, 0.29) is 0 Å². The van der Waals surface area contributed by atoms with E-state index in [4.69, 9.17) is 10.00 Å². The largest absolute Gasteiger partial charge is 0.476 e. The van der Waals surface area contributed by atoms with E-state index in [0.29, 0.717) is 5.92 Å². The molecule has 0 N–H and O–H groups in total. The summed E-state index contributed by atoms with van der Waals surface area (Å²) in [7, 11) is 0.